The Labute approximate surface area is 139 Å². The van der Waals surface area contributed by atoms with Crippen molar-refractivity contribution in [1.29, 1.82) is 0 Å². The summed E-state index contributed by atoms with van der Waals surface area (Å²) in [6.07, 6.45) is 0. The molecule has 3 N–H and O–H groups in total. The van der Waals surface area contributed by atoms with E-state index in [2.05, 4.69) is 25.3 Å². The largest absolute Gasteiger partial charge is 0.349 e. The maximum Gasteiger partial charge on any atom is 0.217 e. The van der Waals surface area contributed by atoms with E-state index >= 15 is 0 Å². The molecule has 0 unspecified atom stereocenters. The molecule has 0 spiro atoms. The van der Waals surface area contributed by atoms with Gasteiger partial charge in [-0.05, 0) is 31.2 Å². The molecule has 2 heterocycles. The molecule has 2 aromatic carbocycles. The van der Waals surface area contributed by atoms with E-state index in [1.807, 2.05) is 55.5 Å². The van der Waals surface area contributed by atoms with Crippen LogP contribution in [0.2, 0.25) is 0 Å². The summed E-state index contributed by atoms with van der Waals surface area (Å²) in [6, 6.07) is 15.8. The second-order valence-corrected chi connectivity index (χ2v) is 5.45. The number of H-pyrrole nitrogens is 2. The van der Waals surface area contributed by atoms with Crippen LogP contribution in [-0.4, -0.2) is 25.8 Å². The first kappa shape index (κ1) is 15.7. The van der Waals surface area contributed by atoms with Gasteiger partial charge in [0.2, 0.25) is 5.91 Å². The van der Waals surface area contributed by atoms with Crippen molar-refractivity contribution >= 4 is 28.0 Å². The molecule has 2 aromatic heterocycles. The molecule has 0 bridgehead atoms. The summed E-state index contributed by atoms with van der Waals surface area (Å²) in [5, 5.41) is 2.69. The molecule has 0 atom stereocenters. The molecule has 0 aliphatic carbocycles. The molecule has 0 radical (unpaired) electrons. The SMILES string of the molecule is CC(=O)NCc1nc2ccccc2[nH]1.Cc1nc2ccccc2[nH]1. The molecule has 1 amide bonds. The number of rotatable bonds is 2. The summed E-state index contributed by atoms with van der Waals surface area (Å²) >= 11 is 0. The predicted octanol–water partition coefficient (Wildman–Crippen LogP) is 3.07. The predicted molar refractivity (Wildman–Crippen MR) is 94.4 cm³/mol. The lowest BCUT2D eigenvalue weighted by Gasteiger charge is -1.95. The van der Waals surface area contributed by atoms with Crippen molar-refractivity contribution in [3.05, 3.63) is 60.2 Å². The van der Waals surface area contributed by atoms with Crippen molar-refractivity contribution < 1.29 is 4.79 Å². The van der Waals surface area contributed by atoms with E-state index < -0.39 is 0 Å². The monoisotopic (exact) mass is 321 g/mol. The van der Waals surface area contributed by atoms with E-state index in [1.165, 1.54) is 6.92 Å². The van der Waals surface area contributed by atoms with Crippen LogP contribution in [-0.2, 0) is 11.3 Å². The minimum Gasteiger partial charge on any atom is -0.349 e. The first-order valence-corrected chi connectivity index (χ1v) is 7.71. The van der Waals surface area contributed by atoms with Gasteiger partial charge in [-0.3, -0.25) is 4.79 Å². The number of para-hydroxylation sites is 4. The third-order valence-corrected chi connectivity index (χ3v) is 3.45. The molecule has 0 aliphatic heterocycles. The number of amides is 1. The van der Waals surface area contributed by atoms with Crippen LogP contribution >= 0.6 is 0 Å². The Kier molecular flexibility index (Phi) is 4.56. The van der Waals surface area contributed by atoms with Gasteiger partial charge in [-0.15, -0.1) is 0 Å². The van der Waals surface area contributed by atoms with Gasteiger partial charge >= 0.3 is 0 Å². The van der Waals surface area contributed by atoms with Gasteiger partial charge in [0.15, 0.2) is 0 Å². The molecule has 6 heteroatoms. The fourth-order valence-electron chi connectivity index (χ4n) is 2.38. The summed E-state index contributed by atoms with van der Waals surface area (Å²) < 4.78 is 0. The lowest BCUT2D eigenvalue weighted by atomic mass is 10.3. The van der Waals surface area contributed by atoms with Gasteiger partial charge in [0.1, 0.15) is 11.6 Å². The Morgan fingerprint density at radius 3 is 2.12 bits per heavy atom. The number of carbonyl (C=O) groups excluding carboxylic acids is 1. The number of nitrogens with zero attached hydrogens (tertiary/aromatic N) is 2. The summed E-state index contributed by atoms with van der Waals surface area (Å²) in [5.41, 5.74) is 4.07. The van der Waals surface area contributed by atoms with Crippen molar-refractivity contribution in [3.8, 4) is 0 Å². The van der Waals surface area contributed by atoms with Gasteiger partial charge in [0, 0.05) is 6.92 Å². The van der Waals surface area contributed by atoms with Crippen LogP contribution in [0.15, 0.2) is 48.5 Å². The van der Waals surface area contributed by atoms with Crippen molar-refractivity contribution in [1.82, 2.24) is 25.3 Å². The van der Waals surface area contributed by atoms with Crippen molar-refractivity contribution in [2.45, 2.75) is 20.4 Å². The first-order valence-electron chi connectivity index (χ1n) is 7.71. The number of aromatic amines is 2. The molecule has 0 saturated heterocycles. The summed E-state index contributed by atoms with van der Waals surface area (Å²) in [6.45, 7) is 3.90. The summed E-state index contributed by atoms with van der Waals surface area (Å²) in [7, 11) is 0. The van der Waals surface area contributed by atoms with Gasteiger partial charge < -0.3 is 15.3 Å². The van der Waals surface area contributed by atoms with Gasteiger partial charge in [-0.25, -0.2) is 9.97 Å². The van der Waals surface area contributed by atoms with Crippen LogP contribution in [0.5, 0.6) is 0 Å². The summed E-state index contributed by atoms with van der Waals surface area (Å²) in [5.74, 6) is 1.70. The molecule has 122 valence electrons. The minimum atomic E-state index is -0.0505. The van der Waals surface area contributed by atoms with Crippen molar-refractivity contribution in [3.63, 3.8) is 0 Å². The van der Waals surface area contributed by atoms with Crippen LogP contribution in [0, 0.1) is 6.92 Å². The average molecular weight is 321 g/mol. The Morgan fingerprint density at radius 1 is 0.958 bits per heavy atom. The van der Waals surface area contributed by atoms with Gasteiger partial charge in [-0.2, -0.15) is 0 Å². The number of hydrogen-bond acceptors (Lipinski definition) is 3. The van der Waals surface area contributed by atoms with Crippen LogP contribution in [0.1, 0.15) is 18.6 Å². The van der Waals surface area contributed by atoms with E-state index in [4.69, 9.17) is 0 Å². The van der Waals surface area contributed by atoms with Crippen molar-refractivity contribution in [2.75, 3.05) is 0 Å². The molecule has 6 nitrogen and oxygen atoms in total. The van der Waals surface area contributed by atoms with Gasteiger partial charge in [0.25, 0.3) is 0 Å². The number of fused-ring (bicyclic) bond motifs is 2. The number of aryl methyl sites for hydroxylation is 1. The topological polar surface area (TPSA) is 86.5 Å². The normalized spacial score (nSPS) is 10.4. The molecule has 4 aromatic rings. The van der Waals surface area contributed by atoms with Gasteiger partial charge in [0.05, 0.1) is 28.6 Å². The van der Waals surface area contributed by atoms with Crippen LogP contribution in [0.3, 0.4) is 0 Å². The maximum atomic E-state index is 10.7. The highest BCUT2D eigenvalue weighted by atomic mass is 16.1. The Bertz CT molecular complexity index is 904. The number of imidazole rings is 2. The summed E-state index contributed by atoms with van der Waals surface area (Å²) in [4.78, 5) is 25.5. The molecule has 0 aliphatic rings. The van der Waals surface area contributed by atoms with E-state index in [9.17, 15) is 4.79 Å². The number of hydrogen-bond donors (Lipinski definition) is 3. The second kappa shape index (κ2) is 6.95. The zero-order valence-electron chi connectivity index (χ0n) is 13.6. The third-order valence-electron chi connectivity index (χ3n) is 3.45. The number of aromatic nitrogens is 4. The molecule has 24 heavy (non-hydrogen) atoms. The first-order chi connectivity index (χ1) is 11.6. The van der Waals surface area contributed by atoms with Crippen molar-refractivity contribution in [2.24, 2.45) is 0 Å². The quantitative estimate of drug-likeness (QED) is 0.530. The molecule has 4 rings (SSSR count). The van der Waals surface area contributed by atoms with Gasteiger partial charge in [-0.1, -0.05) is 24.3 Å². The molecular weight excluding hydrogens is 302 g/mol. The maximum absolute atomic E-state index is 10.7. The van der Waals surface area contributed by atoms with Crippen LogP contribution < -0.4 is 5.32 Å². The Hall–Kier alpha value is -3.15. The van der Waals surface area contributed by atoms with E-state index in [1.54, 1.807) is 0 Å². The third kappa shape index (κ3) is 3.78. The average Bonchev–Trinajstić information content (AvgIpc) is 3.15. The Balaban J connectivity index is 0.000000149. The zero-order valence-corrected chi connectivity index (χ0v) is 13.6. The van der Waals surface area contributed by atoms with E-state index in [0.717, 1.165) is 33.7 Å². The van der Waals surface area contributed by atoms with Crippen LogP contribution in [0.4, 0.5) is 0 Å². The minimum absolute atomic E-state index is 0.0505. The highest BCUT2D eigenvalue weighted by Crippen LogP contribution is 2.10. The number of benzene rings is 2. The highest BCUT2D eigenvalue weighted by molar-refractivity contribution is 5.76. The van der Waals surface area contributed by atoms with E-state index in [-0.39, 0.29) is 5.91 Å². The Morgan fingerprint density at radius 2 is 1.54 bits per heavy atom. The van der Waals surface area contributed by atoms with Crippen LogP contribution in [0.25, 0.3) is 22.1 Å². The number of carbonyl (C=O) groups is 1. The van der Waals surface area contributed by atoms with E-state index in [0.29, 0.717) is 6.54 Å². The molecule has 0 fully saturated rings. The lowest BCUT2D eigenvalue weighted by Crippen LogP contribution is -2.19. The second-order valence-electron chi connectivity index (χ2n) is 5.45. The smallest absolute Gasteiger partial charge is 0.217 e. The number of nitrogens with one attached hydrogen (secondary N) is 3. The zero-order chi connectivity index (χ0) is 16.9. The lowest BCUT2D eigenvalue weighted by molar-refractivity contribution is -0.119. The fourth-order valence-corrected chi connectivity index (χ4v) is 2.38. The molecular formula is C18H19N5O. The molecule has 0 saturated carbocycles. The standard InChI is InChI=1S/C10H11N3O.C8H8N2/c1-7(14)11-6-10-12-8-4-2-3-5-9(8)13-10;1-6-9-7-4-2-3-5-8(7)10-6/h2-5H,6H2,1H3,(H,11,14)(H,12,13);2-5H,1H3,(H,9,10). The highest BCUT2D eigenvalue weighted by Gasteiger charge is 2.01. The fraction of sp³-hybridized carbons (Fsp3) is 0.167.